The molecule has 0 aliphatic heterocycles. The van der Waals surface area contributed by atoms with Gasteiger partial charge in [-0.2, -0.15) is 0 Å². The first-order valence-electron chi connectivity index (χ1n) is 3.19. The lowest BCUT2D eigenvalue weighted by atomic mass is 10.1. The Balaban J connectivity index is 3.07. The predicted molar refractivity (Wildman–Crippen MR) is 39.0 cm³/mol. The highest BCUT2D eigenvalue weighted by molar-refractivity contribution is 5.22. The molecule has 0 amide bonds. The topological polar surface area (TPSA) is 26.0 Å². The van der Waals surface area contributed by atoms with Gasteiger partial charge in [-0.05, 0) is 18.6 Å². The van der Waals surface area contributed by atoms with Crippen molar-refractivity contribution in [3.8, 4) is 0 Å². The predicted octanol–water partition coefficient (Wildman–Crippen LogP) is 1.59. The van der Waals surface area contributed by atoms with Gasteiger partial charge < -0.3 is 5.73 Å². The molecule has 0 aliphatic rings. The molecule has 1 rings (SSSR count). The third kappa shape index (κ3) is 1.33. The molecule has 0 unspecified atom stereocenters. The van der Waals surface area contributed by atoms with Crippen molar-refractivity contribution in [3.63, 3.8) is 0 Å². The van der Waals surface area contributed by atoms with Crippen LogP contribution in [0.2, 0.25) is 0 Å². The smallest absolute Gasteiger partial charge is 0.127 e. The molecule has 54 valence electrons. The maximum Gasteiger partial charge on any atom is 0.127 e. The summed E-state index contributed by atoms with van der Waals surface area (Å²) in [6.07, 6.45) is 0. The Bertz CT molecular complexity index is 233. The molecule has 0 saturated heterocycles. The van der Waals surface area contributed by atoms with Crippen LogP contribution in [0, 0.1) is 12.7 Å². The molecule has 1 aromatic carbocycles. The second-order valence-electron chi connectivity index (χ2n) is 2.30. The largest absolute Gasteiger partial charge is 0.326 e. The molecule has 0 radical (unpaired) electrons. The number of halogens is 1. The van der Waals surface area contributed by atoms with Gasteiger partial charge in [-0.1, -0.05) is 12.1 Å². The van der Waals surface area contributed by atoms with Crippen molar-refractivity contribution < 1.29 is 4.39 Å². The summed E-state index contributed by atoms with van der Waals surface area (Å²) in [6.45, 7) is 2.12. The Morgan fingerprint density at radius 1 is 1.50 bits per heavy atom. The molecule has 0 atom stereocenters. The van der Waals surface area contributed by atoms with Crippen LogP contribution in [0.4, 0.5) is 4.39 Å². The minimum Gasteiger partial charge on any atom is -0.326 e. The second kappa shape index (κ2) is 2.80. The first kappa shape index (κ1) is 7.22. The Kier molecular flexibility index (Phi) is 2.02. The van der Waals surface area contributed by atoms with E-state index in [0.29, 0.717) is 5.56 Å². The molecular formula is C8H10FN. The summed E-state index contributed by atoms with van der Waals surface area (Å²) in [5.74, 6) is -0.206. The van der Waals surface area contributed by atoms with Crippen LogP contribution in [-0.2, 0) is 6.54 Å². The third-order valence-electron chi connectivity index (χ3n) is 1.43. The maximum absolute atomic E-state index is 12.8. The van der Waals surface area contributed by atoms with Crippen LogP contribution >= 0.6 is 0 Å². The van der Waals surface area contributed by atoms with Gasteiger partial charge in [0.15, 0.2) is 0 Å². The Morgan fingerprint density at radius 2 is 2.20 bits per heavy atom. The van der Waals surface area contributed by atoms with Gasteiger partial charge in [0.2, 0.25) is 0 Å². The minimum absolute atomic E-state index is 0.206. The molecule has 0 spiro atoms. The third-order valence-corrected chi connectivity index (χ3v) is 1.43. The van der Waals surface area contributed by atoms with E-state index in [1.54, 1.807) is 6.07 Å². The van der Waals surface area contributed by atoms with Gasteiger partial charge in [0.1, 0.15) is 5.82 Å². The van der Waals surface area contributed by atoms with E-state index in [0.717, 1.165) is 5.56 Å². The first-order valence-corrected chi connectivity index (χ1v) is 3.19. The van der Waals surface area contributed by atoms with E-state index in [9.17, 15) is 4.39 Å². The summed E-state index contributed by atoms with van der Waals surface area (Å²) in [7, 11) is 0. The summed E-state index contributed by atoms with van der Waals surface area (Å²) >= 11 is 0. The number of aryl methyl sites for hydroxylation is 1. The van der Waals surface area contributed by atoms with E-state index < -0.39 is 0 Å². The number of nitrogens with two attached hydrogens (primary N) is 1. The molecule has 1 nitrogen and oxygen atoms in total. The molecule has 0 saturated carbocycles. The van der Waals surface area contributed by atoms with E-state index >= 15 is 0 Å². The standard InChI is InChI=1S/C8H10FN/c1-6-2-3-7(5-10)8(9)4-6/h2-4H,5,10H2,1H3. The van der Waals surface area contributed by atoms with Crippen molar-refractivity contribution in [1.29, 1.82) is 0 Å². The molecule has 10 heavy (non-hydrogen) atoms. The van der Waals surface area contributed by atoms with Crippen LogP contribution in [0.15, 0.2) is 18.2 Å². The van der Waals surface area contributed by atoms with Crippen LogP contribution in [0.5, 0.6) is 0 Å². The Hall–Kier alpha value is -0.890. The minimum atomic E-state index is -0.206. The van der Waals surface area contributed by atoms with Crippen LogP contribution in [0.25, 0.3) is 0 Å². The van der Waals surface area contributed by atoms with E-state index in [1.165, 1.54) is 6.07 Å². The fraction of sp³-hybridized carbons (Fsp3) is 0.250. The molecular weight excluding hydrogens is 129 g/mol. The highest BCUT2D eigenvalue weighted by Crippen LogP contribution is 2.07. The van der Waals surface area contributed by atoms with Gasteiger partial charge in [0.05, 0.1) is 0 Å². The lowest BCUT2D eigenvalue weighted by Crippen LogP contribution is -1.99. The zero-order chi connectivity index (χ0) is 7.56. The van der Waals surface area contributed by atoms with Gasteiger partial charge in [-0.3, -0.25) is 0 Å². The summed E-state index contributed by atoms with van der Waals surface area (Å²) in [5, 5.41) is 0. The normalized spacial score (nSPS) is 9.90. The van der Waals surface area contributed by atoms with Crippen molar-refractivity contribution in [1.82, 2.24) is 0 Å². The van der Waals surface area contributed by atoms with Gasteiger partial charge >= 0.3 is 0 Å². The van der Waals surface area contributed by atoms with Crippen molar-refractivity contribution in [3.05, 3.63) is 35.1 Å². The molecule has 2 N–H and O–H groups in total. The van der Waals surface area contributed by atoms with Gasteiger partial charge in [0.25, 0.3) is 0 Å². The summed E-state index contributed by atoms with van der Waals surface area (Å²) in [4.78, 5) is 0. The summed E-state index contributed by atoms with van der Waals surface area (Å²) in [5.41, 5.74) is 6.76. The Labute approximate surface area is 59.7 Å². The number of hydrogen-bond donors (Lipinski definition) is 1. The Morgan fingerprint density at radius 3 is 2.70 bits per heavy atom. The lowest BCUT2D eigenvalue weighted by molar-refractivity contribution is 0.609. The van der Waals surface area contributed by atoms with Crippen molar-refractivity contribution in [2.24, 2.45) is 5.73 Å². The quantitative estimate of drug-likeness (QED) is 0.628. The molecule has 1 aromatic rings. The average Bonchev–Trinajstić information content (AvgIpc) is 1.88. The first-order chi connectivity index (χ1) is 4.74. The zero-order valence-electron chi connectivity index (χ0n) is 5.89. The molecule has 0 aliphatic carbocycles. The molecule has 0 fully saturated rings. The average molecular weight is 139 g/mol. The fourth-order valence-electron chi connectivity index (χ4n) is 0.818. The monoisotopic (exact) mass is 139 g/mol. The summed E-state index contributed by atoms with van der Waals surface area (Å²) < 4.78 is 12.8. The summed E-state index contributed by atoms with van der Waals surface area (Å²) in [6, 6.07) is 5.05. The fourth-order valence-corrected chi connectivity index (χ4v) is 0.818. The van der Waals surface area contributed by atoms with Crippen LogP contribution in [-0.4, -0.2) is 0 Å². The highest BCUT2D eigenvalue weighted by Gasteiger charge is 1.97. The SMILES string of the molecule is Cc1ccc(CN)c(F)c1. The van der Waals surface area contributed by atoms with Crippen molar-refractivity contribution in [2.45, 2.75) is 13.5 Å². The van der Waals surface area contributed by atoms with Crippen LogP contribution in [0.1, 0.15) is 11.1 Å². The molecule has 0 bridgehead atoms. The van der Waals surface area contributed by atoms with Crippen molar-refractivity contribution >= 4 is 0 Å². The zero-order valence-corrected chi connectivity index (χ0v) is 5.89. The van der Waals surface area contributed by atoms with Gasteiger partial charge in [-0.15, -0.1) is 0 Å². The van der Waals surface area contributed by atoms with E-state index in [1.807, 2.05) is 13.0 Å². The van der Waals surface area contributed by atoms with Gasteiger partial charge in [0, 0.05) is 12.1 Å². The van der Waals surface area contributed by atoms with E-state index in [4.69, 9.17) is 5.73 Å². The number of hydrogen-bond acceptors (Lipinski definition) is 1. The number of rotatable bonds is 1. The van der Waals surface area contributed by atoms with Crippen molar-refractivity contribution in [2.75, 3.05) is 0 Å². The molecule has 2 heteroatoms. The van der Waals surface area contributed by atoms with Crippen LogP contribution in [0.3, 0.4) is 0 Å². The van der Waals surface area contributed by atoms with E-state index in [-0.39, 0.29) is 12.4 Å². The van der Waals surface area contributed by atoms with E-state index in [2.05, 4.69) is 0 Å². The highest BCUT2D eigenvalue weighted by atomic mass is 19.1. The lowest BCUT2D eigenvalue weighted by Gasteiger charge is -1.98. The van der Waals surface area contributed by atoms with Gasteiger partial charge in [-0.25, -0.2) is 4.39 Å². The number of benzene rings is 1. The maximum atomic E-state index is 12.8. The second-order valence-corrected chi connectivity index (χ2v) is 2.30. The molecule has 0 aromatic heterocycles. The molecule has 0 heterocycles. The van der Waals surface area contributed by atoms with Crippen LogP contribution < -0.4 is 5.73 Å².